The van der Waals surface area contributed by atoms with Crippen molar-refractivity contribution in [2.75, 3.05) is 25.4 Å². The summed E-state index contributed by atoms with van der Waals surface area (Å²) < 4.78 is 26.9. The molecule has 1 aliphatic rings. The zero-order chi connectivity index (χ0) is 23.1. The summed E-state index contributed by atoms with van der Waals surface area (Å²) in [5.41, 5.74) is 1.75. The first kappa shape index (κ1) is 25.7. The van der Waals surface area contributed by atoms with Crippen LogP contribution in [-0.4, -0.2) is 44.0 Å². The molecular weight excluding hydrogens is 511 g/mol. The number of thioether (sulfide) groups is 1. The number of carbonyl (C=O) groups is 1. The van der Waals surface area contributed by atoms with Crippen LogP contribution >= 0.6 is 46.6 Å². The number of nitrogens with zero attached hydrogens (tertiary/aromatic N) is 1. The molecule has 1 saturated heterocycles. The third kappa shape index (κ3) is 7.54. The standard InChI is InChI=1S/C22H25Cl3N2O3S2/c23-19-3-1-2-17(12-19)15-32(29,30)27-9-6-18(7-10-27)22(28)26-8-11-31-14-16-4-5-20(24)21(25)13-16/h1-5,12-13,18H,6-11,14-15H2,(H,26,28). The fraction of sp³-hybridized carbons (Fsp3) is 0.409. The molecule has 0 aliphatic carbocycles. The highest BCUT2D eigenvalue weighted by atomic mass is 35.5. The molecule has 2 aromatic rings. The van der Waals surface area contributed by atoms with Crippen LogP contribution in [0.5, 0.6) is 0 Å². The molecule has 2 aromatic carbocycles. The first-order chi connectivity index (χ1) is 15.2. The molecule has 0 spiro atoms. The number of benzene rings is 2. The maximum atomic E-state index is 12.7. The van der Waals surface area contributed by atoms with Gasteiger partial charge in [-0.3, -0.25) is 4.79 Å². The largest absolute Gasteiger partial charge is 0.355 e. The lowest BCUT2D eigenvalue weighted by Crippen LogP contribution is -2.43. The summed E-state index contributed by atoms with van der Waals surface area (Å²) in [5, 5.41) is 4.56. The molecule has 32 heavy (non-hydrogen) atoms. The van der Waals surface area contributed by atoms with E-state index in [1.807, 2.05) is 12.1 Å². The van der Waals surface area contributed by atoms with E-state index in [4.69, 9.17) is 34.8 Å². The molecule has 1 fully saturated rings. The zero-order valence-electron chi connectivity index (χ0n) is 17.4. The highest BCUT2D eigenvalue weighted by Gasteiger charge is 2.31. The van der Waals surface area contributed by atoms with Crippen molar-refractivity contribution in [2.45, 2.75) is 24.3 Å². The van der Waals surface area contributed by atoms with Crippen LogP contribution in [0, 0.1) is 5.92 Å². The van der Waals surface area contributed by atoms with Crippen LogP contribution in [-0.2, 0) is 26.3 Å². The second-order valence-corrected chi connectivity index (χ2v) is 12.0. The molecule has 0 aromatic heterocycles. The molecule has 0 radical (unpaired) electrons. The molecule has 0 atom stereocenters. The van der Waals surface area contributed by atoms with Crippen molar-refractivity contribution in [1.82, 2.24) is 9.62 Å². The van der Waals surface area contributed by atoms with Gasteiger partial charge in [-0.05, 0) is 48.2 Å². The molecule has 0 bridgehead atoms. The number of amides is 1. The normalized spacial score (nSPS) is 15.6. The summed E-state index contributed by atoms with van der Waals surface area (Å²) in [5.74, 6) is 1.31. The number of hydrogen-bond donors (Lipinski definition) is 1. The molecule has 174 valence electrons. The fourth-order valence-electron chi connectivity index (χ4n) is 3.53. The summed E-state index contributed by atoms with van der Waals surface area (Å²) in [7, 11) is -3.44. The molecule has 3 rings (SSSR count). The number of carbonyl (C=O) groups excluding carboxylic acids is 1. The lowest BCUT2D eigenvalue weighted by molar-refractivity contribution is -0.125. The fourth-order valence-corrected chi connectivity index (χ4v) is 6.43. The Labute approximate surface area is 208 Å². The van der Waals surface area contributed by atoms with Crippen molar-refractivity contribution in [3.8, 4) is 0 Å². The molecule has 1 aliphatic heterocycles. The number of nitrogens with one attached hydrogen (secondary N) is 1. The molecule has 0 saturated carbocycles. The average Bonchev–Trinajstić information content (AvgIpc) is 2.75. The Kier molecular flexibility index (Phi) is 9.58. The van der Waals surface area contributed by atoms with Gasteiger partial charge in [-0.15, -0.1) is 0 Å². The average molecular weight is 536 g/mol. The van der Waals surface area contributed by atoms with Crippen molar-refractivity contribution in [3.05, 3.63) is 68.7 Å². The van der Waals surface area contributed by atoms with Crippen LogP contribution in [0.2, 0.25) is 15.1 Å². The predicted molar refractivity (Wildman–Crippen MR) is 134 cm³/mol. The molecule has 5 nitrogen and oxygen atoms in total. The van der Waals surface area contributed by atoms with E-state index in [9.17, 15) is 13.2 Å². The van der Waals surface area contributed by atoms with Gasteiger partial charge in [0.15, 0.2) is 0 Å². The van der Waals surface area contributed by atoms with Crippen LogP contribution in [0.1, 0.15) is 24.0 Å². The van der Waals surface area contributed by atoms with Gasteiger partial charge in [0, 0.05) is 42.1 Å². The van der Waals surface area contributed by atoms with E-state index < -0.39 is 10.0 Å². The summed E-state index contributed by atoms with van der Waals surface area (Å²) >= 11 is 19.6. The number of sulfonamides is 1. The highest BCUT2D eigenvalue weighted by Crippen LogP contribution is 2.25. The van der Waals surface area contributed by atoms with Gasteiger partial charge < -0.3 is 5.32 Å². The Morgan fingerprint density at radius 1 is 1.03 bits per heavy atom. The molecule has 0 unspecified atom stereocenters. The molecule has 1 heterocycles. The van der Waals surface area contributed by atoms with E-state index in [0.717, 1.165) is 17.1 Å². The van der Waals surface area contributed by atoms with E-state index >= 15 is 0 Å². The minimum Gasteiger partial charge on any atom is -0.355 e. The molecule has 1 amide bonds. The molecule has 1 N–H and O–H groups in total. The minimum absolute atomic E-state index is 0.00738. The van der Waals surface area contributed by atoms with E-state index in [0.29, 0.717) is 53.1 Å². The predicted octanol–water partition coefficient (Wildman–Crippen LogP) is 5.24. The monoisotopic (exact) mass is 534 g/mol. The van der Waals surface area contributed by atoms with Crippen LogP contribution in [0.4, 0.5) is 0 Å². The van der Waals surface area contributed by atoms with Gasteiger partial charge in [-0.1, -0.05) is 53.0 Å². The van der Waals surface area contributed by atoms with E-state index in [-0.39, 0.29) is 17.6 Å². The summed E-state index contributed by atoms with van der Waals surface area (Å²) in [6.45, 7) is 1.28. The minimum atomic E-state index is -3.44. The van der Waals surface area contributed by atoms with Crippen LogP contribution in [0.3, 0.4) is 0 Å². The van der Waals surface area contributed by atoms with Crippen molar-refractivity contribution < 1.29 is 13.2 Å². The van der Waals surface area contributed by atoms with Crippen LogP contribution in [0.25, 0.3) is 0 Å². The molecular formula is C22H25Cl3N2O3S2. The molecule has 10 heteroatoms. The van der Waals surface area contributed by atoms with Gasteiger partial charge in [0.1, 0.15) is 0 Å². The third-order valence-electron chi connectivity index (χ3n) is 5.25. The Hall–Kier alpha value is -0.960. The second-order valence-electron chi connectivity index (χ2n) is 7.65. The Morgan fingerprint density at radius 2 is 1.78 bits per heavy atom. The Morgan fingerprint density at radius 3 is 2.47 bits per heavy atom. The maximum absolute atomic E-state index is 12.7. The Balaban J connectivity index is 1.37. The summed E-state index contributed by atoms with van der Waals surface area (Å²) in [6, 6.07) is 12.4. The van der Waals surface area contributed by atoms with E-state index in [1.165, 1.54) is 4.31 Å². The first-order valence-electron chi connectivity index (χ1n) is 10.3. The van der Waals surface area contributed by atoms with Crippen LogP contribution in [0.15, 0.2) is 42.5 Å². The zero-order valence-corrected chi connectivity index (χ0v) is 21.3. The maximum Gasteiger partial charge on any atom is 0.223 e. The van der Waals surface area contributed by atoms with E-state index in [1.54, 1.807) is 42.1 Å². The van der Waals surface area contributed by atoms with E-state index in [2.05, 4.69) is 5.32 Å². The van der Waals surface area contributed by atoms with Crippen molar-refractivity contribution in [2.24, 2.45) is 5.92 Å². The lowest BCUT2D eigenvalue weighted by atomic mass is 9.97. The van der Waals surface area contributed by atoms with Crippen LogP contribution < -0.4 is 5.32 Å². The topological polar surface area (TPSA) is 66.5 Å². The summed E-state index contributed by atoms with van der Waals surface area (Å²) in [6.07, 6.45) is 1.05. The van der Waals surface area contributed by atoms with Gasteiger partial charge in [0.25, 0.3) is 0 Å². The number of rotatable bonds is 9. The first-order valence-corrected chi connectivity index (χ1v) is 14.2. The van der Waals surface area contributed by atoms with Crippen molar-refractivity contribution >= 4 is 62.5 Å². The van der Waals surface area contributed by atoms with Crippen molar-refractivity contribution in [1.29, 1.82) is 0 Å². The quantitative estimate of drug-likeness (QED) is 0.446. The third-order valence-corrected chi connectivity index (χ3v) is 9.11. The van der Waals surface area contributed by atoms with Gasteiger partial charge in [-0.25, -0.2) is 12.7 Å². The highest BCUT2D eigenvalue weighted by molar-refractivity contribution is 7.98. The van der Waals surface area contributed by atoms with Gasteiger partial charge in [0.2, 0.25) is 15.9 Å². The lowest BCUT2D eigenvalue weighted by Gasteiger charge is -2.30. The smallest absolute Gasteiger partial charge is 0.223 e. The van der Waals surface area contributed by atoms with Crippen molar-refractivity contribution in [3.63, 3.8) is 0 Å². The second kappa shape index (κ2) is 12.0. The number of piperidine rings is 1. The van der Waals surface area contributed by atoms with Gasteiger partial charge in [-0.2, -0.15) is 11.8 Å². The number of halogens is 3. The number of hydrogen-bond acceptors (Lipinski definition) is 4. The van der Waals surface area contributed by atoms with Gasteiger partial charge >= 0.3 is 0 Å². The Bertz CT molecular complexity index is 1040. The van der Waals surface area contributed by atoms with Gasteiger partial charge in [0.05, 0.1) is 15.8 Å². The summed E-state index contributed by atoms with van der Waals surface area (Å²) in [4.78, 5) is 12.5. The SMILES string of the molecule is O=C(NCCSCc1ccc(Cl)c(Cl)c1)C1CCN(S(=O)(=O)Cc2cccc(Cl)c2)CC1.